The van der Waals surface area contributed by atoms with Crippen LogP contribution in [0.25, 0.3) is 0 Å². The van der Waals surface area contributed by atoms with Gasteiger partial charge in [-0.3, -0.25) is 0 Å². The van der Waals surface area contributed by atoms with Crippen LogP contribution in [0.5, 0.6) is 0 Å². The smallest absolute Gasteiger partial charge is 0.243 e. The first-order valence-corrected chi connectivity index (χ1v) is 9.49. The molecule has 2 fully saturated rings. The summed E-state index contributed by atoms with van der Waals surface area (Å²) in [5.74, 6) is 0.588. The molecule has 1 N–H and O–H groups in total. The van der Waals surface area contributed by atoms with Crippen LogP contribution in [0.4, 0.5) is 5.69 Å². The lowest BCUT2D eigenvalue weighted by Gasteiger charge is -2.36. The van der Waals surface area contributed by atoms with Crippen molar-refractivity contribution in [1.29, 1.82) is 0 Å². The normalized spacial score (nSPS) is 29.0. The number of sulfonamides is 1. The number of piperidine rings is 1. The van der Waals surface area contributed by atoms with Gasteiger partial charge in [0.15, 0.2) is 0 Å². The third kappa shape index (κ3) is 2.18. The average molecular weight is 306 g/mol. The minimum Gasteiger partial charge on any atom is -0.384 e. The van der Waals surface area contributed by atoms with E-state index in [-0.39, 0.29) is 6.04 Å². The van der Waals surface area contributed by atoms with Crippen molar-refractivity contribution in [3.05, 3.63) is 23.8 Å². The second-order valence-corrected chi connectivity index (χ2v) is 8.40. The number of nitrogens with one attached hydrogen (secondary N) is 1. The molecule has 3 aliphatic rings. The van der Waals surface area contributed by atoms with Gasteiger partial charge in [0, 0.05) is 24.8 Å². The molecule has 21 heavy (non-hydrogen) atoms. The van der Waals surface area contributed by atoms with Crippen molar-refractivity contribution < 1.29 is 8.42 Å². The minimum atomic E-state index is -3.33. The van der Waals surface area contributed by atoms with E-state index in [1.54, 1.807) is 10.4 Å². The number of fused-ring (bicyclic) bond motifs is 2. The fraction of sp³-hybridized carbons (Fsp3) is 0.625. The highest BCUT2D eigenvalue weighted by Gasteiger charge is 2.41. The standard InChI is InChI=1S/C16H22N2O2S/c19-21(20,14-6-7-15-13(11-14)8-9-17-15)18-10-2-4-12-3-1-5-16(12)18/h6-7,11-12,16-17H,1-5,8-10H2. The van der Waals surface area contributed by atoms with Crippen molar-refractivity contribution in [2.75, 3.05) is 18.4 Å². The van der Waals surface area contributed by atoms with Crippen LogP contribution in [0, 0.1) is 5.92 Å². The van der Waals surface area contributed by atoms with Crippen molar-refractivity contribution in [2.24, 2.45) is 5.92 Å². The Morgan fingerprint density at radius 1 is 1.14 bits per heavy atom. The summed E-state index contributed by atoms with van der Waals surface area (Å²) >= 11 is 0. The number of hydrogen-bond donors (Lipinski definition) is 1. The Morgan fingerprint density at radius 3 is 2.90 bits per heavy atom. The molecule has 1 aromatic carbocycles. The summed E-state index contributed by atoms with van der Waals surface area (Å²) in [6.07, 6.45) is 6.54. The molecule has 2 atom stereocenters. The maximum atomic E-state index is 13.0. The molecule has 114 valence electrons. The van der Waals surface area contributed by atoms with E-state index in [9.17, 15) is 8.42 Å². The van der Waals surface area contributed by atoms with Crippen molar-refractivity contribution >= 4 is 15.7 Å². The third-order valence-corrected chi connectivity index (χ3v) is 7.26. The second kappa shape index (κ2) is 4.99. The minimum absolute atomic E-state index is 0.245. The molecule has 0 amide bonds. The summed E-state index contributed by atoms with van der Waals surface area (Å²) in [6, 6.07) is 5.81. The van der Waals surface area contributed by atoms with Gasteiger partial charge in [0.25, 0.3) is 0 Å². The van der Waals surface area contributed by atoms with Gasteiger partial charge < -0.3 is 5.32 Å². The molecule has 1 saturated carbocycles. The Kier molecular flexibility index (Phi) is 3.23. The molecule has 0 radical (unpaired) electrons. The van der Waals surface area contributed by atoms with Gasteiger partial charge in [-0.05, 0) is 61.8 Å². The molecule has 2 heterocycles. The Bertz CT molecular complexity index is 656. The van der Waals surface area contributed by atoms with E-state index in [4.69, 9.17) is 0 Å². The van der Waals surface area contributed by atoms with E-state index in [2.05, 4.69) is 5.32 Å². The second-order valence-electron chi connectivity index (χ2n) is 6.51. The van der Waals surface area contributed by atoms with Gasteiger partial charge in [-0.2, -0.15) is 4.31 Å². The first kappa shape index (κ1) is 13.6. The van der Waals surface area contributed by atoms with Crippen LogP contribution in [-0.2, 0) is 16.4 Å². The number of hydrogen-bond acceptors (Lipinski definition) is 3. The molecule has 1 aromatic rings. The lowest BCUT2D eigenvalue weighted by Crippen LogP contribution is -2.46. The van der Waals surface area contributed by atoms with Crippen LogP contribution in [0.3, 0.4) is 0 Å². The molecule has 2 unspecified atom stereocenters. The summed E-state index contributed by atoms with van der Waals surface area (Å²) in [7, 11) is -3.33. The molecule has 0 aromatic heterocycles. The third-order valence-electron chi connectivity index (χ3n) is 5.34. The van der Waals surface area contributed by atoms with E-state index in [0.29, 0.717) is 17.4 Å². The maximum absolute atomic E-state index is 13.0. The van der Waals surface area contributed by atoms with E-state index >= 15 is 0 Å². The van der Waals surface area contributed by atoms with Gasteiger partial charge in [-0.15, -0.1) is 0 Å². The van der Waals surface area contributed by atoms with Gasteiger partial charge in [-0.1, -0.05) is 6.42 Å². The summed E-state index contributed by atoms with van der Waals surface area (Å²) in [5, 5.41) is 3.29. The lowest BCUT2D eigenvalue weighted by molar-refractivity contribution is 0.202. The molecule has 4 rings (SSSR count). The molecule has 4 nitrogen and oxygen atoms in total. The topological polar surface area (TPSA) is 49.4 Å². The summed E-state index contributed by atoms with van der Waals surface area (Å²) in [4.78, 5) is 0.484. The van der Waals surface area contributed by atoms with Crippen molar-refractivity contribution in [3.8, 4) is 0 Å². The van der Waals surface area contributed by atoms with Gasteiger partial charge in [0.1, 0.15) is 0 Å². The zero-order chi connectivity index (χ0) is 14.4. The summed E-state index contributed by atoms with van der Waals surface area (Å²) < 4.78 is 27.9. The van der Waals surface area contributed by atoms with Crippen LogP contribution in [0.1, 0.15) is 37.7 Å². The van der Waals surface area contributed by atoms with Gasteiger partial charge in [0.05, 0.1) is 4.90 Å². The largest absolute Gasteiger partial charge is 0.384 e. The van der Waals surface area contributed by atoms with E-state index in [1.807, 2.05) is 12.1 Å². The molecule has 1 aliphatic carbocycles. The Morgan fingerprint density at radius 2 is 2.00 bits per heavy atom. The SMILES string of the molecule is O=S(=O)(c1ccc2c(c1)CCN2)N1CCCC2CCCC21. The van der Waals surface area contributed by atoms with Gasteiger partial charge >= 0.3 is 0 Å². The van der Waals surface area contributed by atoms with Crippen LogP contribution < -0.4 is 5.32 Å². The van der Waals surface area contributed by atoms with Crippen LogP contribution in [0.15, 0.2) is 23.1 Å². The highest BCUT2D eigenvalue weighted by atomic mass is 32.2. The zero-order valence-corrected chi connectivity index (χ0v) is 13.0. The lowest BCUT2D eigenvalue weighted by atomic mass is 9.94. The first-order valence-electron chi connectivity index (χ1n) is 8.05. The molecule has 2 aliphatic heterocycles. The zero-order valence-electron chi connectivity index (χ0n) is 12.2. The molecule has 0 spiro atoms. The summed E-state index contributed by atoms with van der Waals surface area (Å²) in [5.41, 5.74) is 2.22. The van der Waals surface area contributed by atoms with Gasteiger partial charge in [-0.25, -0.2) is 8.42 Å². The van der Waals surface area contributed by atoms with E-state index < -0.39 is 10.0 Å². The van der Waals surface area contributed by atoms with E-state index in [1.165, 1.54) is 19.3 Å². The Labute approximate surface area is 126 Å². The monoisotopic (exact) mass is 306 g/mol. The van der Waals surface area contributed by atoms with Crippen molar-refractivity contribution in [1.82, 2.24) is 4.31 Å². The van der Waals surface area contributed by atoms with Crippen LogP contribution in [0.2, 0.25) is 0 Å². The fourth-order valence-corrected chi connectivity index (χ4v) is 6.09. The fourth-order valence-electron chi connectivity index (χ4n) is 4.28. The number of benzene rings is 1. The Hall–Kier alpha value is -1.07. The van der Waals surface area contributed by atoms with Crippen molar-refractivity contribution in [3.63, 3.8) is 0 Å². The van der Waals surface area contributed by atoms with E-state index in [0.717, 1.165) is 37.1 Å². The van der Waals surface area contributed by atoms with Crippen LogP contribution in [-0.4, -0.2) is 31.9 Å². The molecule has 1 saturated heterocycles. The predicted molar refractivity (Wildman–Crippen MR) is 82.9 cm³/mol. The molecular formula is C16H22N2O2S. The van der Waals surface area contributed by atoms with Crippen LogP contribution >= 0.6 is 0 Å². The maximum Gasteiger partial charge on any atom is 0.243 e. The predicted octanol–water partition coefficient (Wildman–Crippen LogP) is 2.61. The average Bonchev–Trinajstić information content (AvgIpc) is 3.14. The number of rotatable bonds is 2. The molecule has 0 bridgehead atoms. The Balaban J connectivity index is 1.69. The highest BCUT2D eigenvalue weighted by Crippen LogP contribution is 2.39. The number of anilines is 1. The van der Waals surface area contributed by atoms with Crippen molar-refractivity contribution in [2.45, 2.75) is 49.5 Å². The van der Waals surface area contributed by atoms with Gasteiger partial charge in [0.2, 0.25) is 10.0 Å². The quantitative estimate of drug-likeness (QED) is 0.914. The first-order chi connectivity index (χ1) is 10.2. The summed E-state index contributed by atoms with van der Waals surface area (Å²) in [6.45, 7) is 1.60. The molecule has 5 heteroatoms. The molecular weight excluding hydrogens is 284 g/mol. The highest BCUT2D eigenvalue weighted by molar-refractivity contribution is 7.89. The number of nitrogens with zero attached hydrogens (tertiary/aromatic N) is 1.